The minimum Gasteiger partial charge on any atom is -0.466 e. The first-order valence-electron chi connectivity index (χ1n) is 7.21. The van der Waals surface area contributed by atoms with Crippen molar-refractivity contribution < 1.29 is 13.9 Å². The predicted molar refractivity (Wildman–Crippen MR) is 75.7 cm³/mol. The molecule has 0 saturated carbocycles. The highest BCUT2D eigenvalue weighted by Crippen LogP contribution is 2.20. The molecule has 4 nitrogen and oxygen atoms in total. The number of piperidine rings is 1. The maximum Gasteiger partial charge on any atom is 0.310 e. The van der Waals surface area contributed by atoms with Crippen molar-refractivity contribution in [2.24, 2.45) is 5.92 Å². The quantitative estimate of drug-likeness (QED) is 0.799. The van der Waals surface area contributed by atoms with Crippen molar-refractivity contribution in [3.8, 4) is 6.07 Å². The van der Waals surface area contributed by atoms with Gasteiger partial charge in [-0.05, 0) is 44.0 Å². The molecule has 0 amide bonds. The second-order valence-corrected chi connectivity index (χ2v) is 5.25. The van der Waals surface area contributed by atoms with E-state index in [0.717, 1.165) is 24.9 Å². The Kier molecular flexibility index (Phi) is 5.29. The Balaban J connectivity index is 1.99. The number of esters is 1. The van der Waals surface area contributed by atoms with Gasteiger partial charge in [-0.3, -0.25) is 9.69 Å². The summed E-state index contributed by atoms with van der Waals surface area (Å²) in [5.41, 5.74) is 0.948. The molecule has 0 spiro atoms. The molecule has 1 heterocycles. The molecule has 0 unspecified atom stereocenters. The standard InChI is InChI=1S/C16H19FN2O2/c1-2-21-16(20)13-4-3-7-19(11-13)10-12-5-6-15(17)14(8-12)9-18/h5-6,8,13H,2-4,7,10-11H2,1H3/t13-/m0/s1. The van der Waals surface area contributed by atoms with E-state index in [1.807, 2.05) is 6.07 Å². The minimum absolute atomic E-state index is 0.0615. The lowest BCUT2D eigenvalue weighted by atomic mass is 9.97. The van der Waals surface area contributed by atoms with Gasteiger partial charge in [0.05, 0.1) is 18.1 Å². The largest absolute Gasteiger partial charge is 0.466 e. The number of nitriles is 1. The number of halogens is 1. The van der Waals surface area contributed by atoms with Crippen molar-refractivity contribution >= 4 is 5.97 Å². The average molecular weight is 290 g/mol. The molecule has 0 aromatic heterocycles. The Morgan fingerprint density at radius 3 is 3.10 bits per heavy atom. The Morgan fingerprint density at radius 2 is 2.38 bits per heavy atom. The van der Waals surface area contributed by atoms with Crippen LogP contribution in [0.25, 0.3) is 0 Å². The van der Waals surface area contributed by atoms with E-state index in [1.165, 1.54) is 6.07 Å². The van der Waals surface area contributed by atoms with Gasteiger partial charge >= 0.3 is 5.97 Å². The average Bonchev–Trinajstić information content (AvgIpc) is 2.50. The van der Waals surface area contributed by atoms with Crippen LogP contribution < -0.4 is 0 Å². The third-order valence-corrected chi connectivity index (χ3v) is 3.68. The van der Waals surface area contributed by atoms with E-state index in [2.05, 4.69) is 4.90 Å². The first-order valence-corrected chi connectivity index (χ1v) is 7.21. The summed E-state index contributed by atoms with van der Waals surface area (Å²) in [5, 5.41) is 8.86. The van der Waals surface area contributed by atoms with Crippen LogP contribution in [0.5, 0.6) is 0 Å². The van der Waals surface area contributed by atoms with E-state index in [9.17, 15) is 9.18 Å². The van der Waals surface area contributed by atoms with Gasteiger partial charge in [-0.2, -0.15) is 5.26 Å². The molecule has 0 radical (unpaired) electrons. The van der Waals surface area contributed by atoms with Gasteiger partial charge in [-0.15, -0.1) is 0 Å². The van der Waals surface area contributed by atoms with Crippen LogP contribution in [-0.4, -0.2) is 30.6 Å². The first kappa shape index (κ1) is 15.5. The normalized spacial score (nSPS) is 19.0. The van der Waals surface area contributed by atoms with Crippen molar-refractivity contribution in [3.63, 3.8) is 0 Å². The summed E-state index contributed by atoms with van der Waals surface area (Å²) in [6.07, 6.45) is 1.79. The Bertz CT molecular complexity index is 554. The summed E-state index contributed by atoms with van der Waals surface area (Å²) >= 11 is 0. The smallest absolute Gasteiger partial charge is 0.310 e. The molecular weight excluding hydrogens is 271 g/mol. The topological polar surface area (TPSA) is 53.3 Å². The van der Waals surface area contributed by atoms with Gasteiger partial charge in [0.2, 0.25) is 0 Å². The number of carbonyl (C=O) groups excluding carboxylic acids is 1. The number of nitrogens with zero attached hydrogens (tertiary/aromatic N) is 2. The molecule has 0 bridgehead atoms. The number of rotatable bonds is 4. The maximum absolute atomic E-state index is 13.3. The maximum atomic E-state index is 13.3. The van der Waals surface area contributed by atoms with Crippen molar-refractivity contribution in [3.05, 3.63) is 35.1 Å². The Hall–Kier alpha value is -1.93. The van der Waals surface area contributed by atoms with Crippen LogP contribution in [0.2, 0.25) is 0 Å². The molecule has 1 atom stereocenters. The zero-order chi connectivity index (χ0) is 15.2. The van der Waals surface area contributed by atoms with Crippen molar-refractivity contribution in [1.29, 1.82) is 5.26 Å². The molecule has 112 valence electrons. The Morgan fingerprint density at radius 1 is 1.57 bits per heavy atom. The summed E-state index contributed by atoms with van der Waals surface area (Å²) in [6, 6.07) is 6.43. The van der Waals surface area contributed by atoms with Gasteiger partial charge in [0.1, 0.15) is 11.9 Å². The molecule has 0 N–H and O–H groups in total. The van der Waals surface area contributed by atoms with Gasteiger partial charge in [-0.25, -0.2) is 4.39 Å². The van der Waals surface area contributed by atoms with Gasteiger partial charge < -0.3 is 4.74 Å². The highest BCUT2D eigenvalue weighted by atomic mass is 19.1. The molecule has 0 aliphatic carbocycles. The number of ether oxygens (including phenoxy) is 1. The minimum atomic E-state index is -0.496. The lowest BCUT2D eigenvalue weighted by molar-refractivity contribution is -0.150. The van der Waals surface area contributed by atoms with E-state index in [4.69, 9.17) is 10.00 Å². The molecule has 2 rings (SSSR count). The summed E-state index contributed by atoms with van der Waals surface area (Å²) in [4.78, 5) is 14.0. The third kappa shape index (κ3) is 4.02. The van der Waals surface area contributed by atoms with Crippen LogP contribution in [0.3, 0.4) is 0 Å². The zero-order valence-corrected chi connectivity index (χ0v) is 12.1. The molecule has 21 heavy (non-hydrogen) atoms. The third-order valence-electron chi connectivity index (χ3n) is 3.68. The predicted octanol–water partition coefficient (Wildman–Crippen LogP) is 2.47. The fourth-order valence-electron chi connectivity index (χ4n) is 2.67. The fourth-order valence-corrected chi connectivity index (χ4v) is 2.67. The molecular formula is C16H19FN2O2. The lowest BCUT2D eigenvalue weighted by Crippen LogP contribution is -2.38. The number of hydrogen-bond donors (Lipinski definition) is 0. The summed E-state index contributed by atoms with van der Waals surface area (Å²) in [7, 11) is 0. The van der Waals surface area contributed by atoms with E-state index < -0.39 is 5.82 Å². The molecule has 1 aromatic rings. The molecule has 5 heteroatoms. The SMILES string of the molecule is CCOC(=O)[C@H]1CCCN(Cc2ccc(F)c(C#N)c2)C1. The lowest BCUT2D eigenvalue weighted by Gasteiger charge is -2.31. The molecule has 1 aromatic carbocycles. The van der Waals surface area contributed by atoms with E-state index in [-0.39, 0.29) is 17.5 Å². The molecule has 1 fully saturated rings. The van der Waals surface area contributed by atoms with Crippen molar-refractivity contribution in [2.45, 2.75) is 26.3 Å². The summed E-state index contributed by atoms with van der Waals surface area (Å²) < 4.78 is 18.4. The summed E-state index contributed by atoms with van der Waals surface area (Å²) in [6.45, 7) is 4.37. The van der Waals surface area contributed by atoms with E-state index >= 15 is 0 Å². The van der Waals surface area contributed by atoms with Crippen LogP contribution in [0.15, 0.2) is 18.2 Å². The van der Waals surface area contributed by atoms with Crippen LogP contribution in [0.4, 0.5) is 4.39 Å². The second-order valence-electron chi connectivity index (χ2n) is 5.25. The zero-order valence-electron chi connectivity index (χ0n) is 12.1. The second kappa shape index (κ2) is 7.19. The van der Waals surface area contributed by atoms with Crippen molar-refractivity contribution in [2.75, 3.05) is 19.7 Å². The number of hydrogen-bond acceptors (Lipinski definition) is 4. The van der Waals surface area contributed by atoms with Gasteiger partial charge in [-0.1, -0.05) is 6.07 Å². The van der Waals surface area contributed by atoms with Crippen LogP contribution in [-0.2, 0) is 16.1 Å². The van der Waals surface area contributed by atoms with Crippen LogP contribution in [0, 0.1) is 23.1 Å². The van der Waals surface area contributed by atoms with Gasteiger partial charge in [0.15, 0.2) is 0 Å². The first-order chi connectivity index (χ1) is 10.1. The highest BCUT2D eigenvalue weighted by molar-refractivity contribution is 5.72. The molecule has 1 aliphatic rings. The molecule has 1 saturated heterocycles. The highest BCUT2D eigenvalue weighted by Gasteiger charge is 2.26. The fraction of sp³-hybridized carbons (Fsp3) is 0.500. The van der Waals surface area contributed by atoms with Gasteiger partial charge in [0.25, 0.3) is 0 Å². The number of likely N-dealkylation sites (tertiary alicyclic amines) is 1. The molecule has 1 aliphatic heterocycles. The Labute approximate surface area is 124 Å². The monoisotopic (exact) mass is 290 g/mol. The van der Waals surface area contributed by atoms with Crippen molar-refractivity contribution in [1.82, 2.24) is 4.90 Å². The number of benzene rings is 1. The van der Waals surface area contributed by atoms with Crippen LogP contribution >= 0.6 is 0 Å². The van der Waals surface area contributed by atoms with E-state index in [0.29, 0.717) is 19.7 Å². The van der Waals surface area contributed by atoms with E-state index in [1.54, 1.807) is 19.1 Å². The number of carbonyl (C=O) groups is 1. The van der Waals surface area contributed by atoms with Crippen LogP contribution in [0.1, 0.15) is 30.9 Å². The van der Waals surface area contributed by atoms with Gasteiger partial charge in [0, 0.05) is 13.1 Å². The summed E-state index contributed by atoms with van der Waals surface area (Å²) in [5.74, 6) is -0.724.